The molecule has 0 aliphatic heterocycles. The number of nitrogens with zero attached hydrogens (tertiary/aromatic N) is 2. The summed E-state index contributed by atoms with van der Waals surface area (Å²) in [5.41, 5.74) is -0.676. The van der Waals surface area contributed by atoms with Gasteiger partial charge in [-0.2, -0.15) is 9.57 Å². The summed E-state index contributed by atoms with van der Waals surface area (Å²) in [6.07, 6.45) is 0. The Morgan fingerprint density at radius 2 is 1.73 bits per heavy atom. The molecule has 0 aromatic heterocycles. The number of sulfonamides is 1. The fourth-order valence-electron chi connectivity index (χ4n) is 1.87. The monoisotopic (exact) mass is 323 g/mol. The molecule has 0 bridgehead atoms. The molecule has 0 aliphatic rings. The van der Waals surface area contributed by atoms with Crippen molar-refractivity contribution in [3.63, 3.8) is 0 Å². The van der Waals surface area contributed by atoms with E-state index in [1.54, 1.807) is 27.7 Å². The van der Waals surface area contributed by atoms with E-state index in [1.165, 1.54) is 28.6 Å². The van der Waals surface area contributed by atoms with E-state index in [0.29, 0.717) is 18.7 Å². The number of hydrogen-bond acceptors (Lipinski definition) is 4. The van der Waals surface area contributed by atoms with Crippen molar-refractivity contribution in [3.05, 3.63) is 29.8 Å². The topological polar surface area (TPSA) is 90.3 Å². The van der Waals surface area contributed by atoms with Crippen LogP contribution >= 0.6 is 0 Å². The van der Waals surface area contributed by atoms with Crippen LogP contribution in [0.4, 0.5) is 0 Å². The zero-order chi connectivity index (χ0) is 17.0. The molecule has 0 radical (unpaired) electrons. The fraction of sp³-hybridized carbons (Fsp3) is 0.467. The highest BCUT2D eigenvalue weighted by atomic mass is 32.2. The highest BCUT2D eigenvalue weighted by Gasteiger charge is 2.23. The zero-order valence-electron chi connectivity index (χ0n) is 13.3. The predicted octanol–water partition coefficient (Wildman–Crippen LogP) is 1.75. The summed E-state index contributed by atoms with van der Waals surface area (Å²) >= 11 is 0. The Hall–Kier alpha value is -1.91. The van der Waals surface area contributed by atoms with Gasteiger partial charge in [0.1, 0.15) is 5.54 Å². The molecule has 1 aromatic carbocycles. The SMILES string of the molecule is CCN(CC)S(=O)(=O)c1ccc(C(=O)NC(C)(C)C#N)cc1. The summed E-state index contributed by atoms with van der Waals surface area (Å²) < 4.78 is 26.0. The molecule has 0 saturated heterocycles. The lowest BCUT2D eigenvalue weighted by molar-refractivity contribution is 0.0929. The molecule has 0 atom stereocenters. The van der Waals surface area contributed by atoms with E-state index < -0.39 is 21.5 Å². The van der Waals surface area contributed by atoms with Gasteiger partial charge in [0.2, 0.25) is 10.0 Å². The summed E-state index contributed by atoms with van der Waals surface area (Å²) in [7, 11) is -3.53. The molecule has 22 heavy (non-hydrogen) atoms. The van der Waals surface area contributed by atoms with Crippen molar-refractivity contribution in [3.8, 4) is 6.07 Å². The smallest absolute Gasteiger partial charge is 0.252 e. The van der Waals surface area contributed by atoms with Crippen LogP contribution in [0.3, 0.4) is 0 Å². The first kappa shape index (κ1) is 18.1. The van der Waals surface area contributed by atoms with Gasteiger partial charge < -0.3 is 5.32 Å². The third kappa shape index (κ3) is 4.06. The maximum atomic E-state index is 12.3. The van der Waals surface area contributed by atoms with Gasteiger partial charge in [0.15, 0.2) is 0 Å². The Morgan fingerprint density at radius 1 is 1.23 bits per heavy atom. The highest BCUT2D eigenvalue weighted by Crippen LogP contribution is 2.16. The van der Waals surface area contributed by atoms with E-state index in [-0.39, 0.29) is 4.90 Å². The summed E-state index contributed by atoms with van der Waals surface area (Å²) in [6, 6.07) is 7.67. The molecule has 1 amide bonds. The average molecular weight is 323 g/mol. The van der Waals surface area contributed by atoms with Gasteiger partial charge in [-0.25, -0.2) is 8.42 Å². The van der Waals surface area contributed by atoms with Gasteiger partial charge in [-0.15, -0.1) is 0 Å². The van der Waals surface area contributed by atoms with Crippen LogP contribution in [0.2, 0.25) is 0 Å². The van der Waals surface area contributed by atoms with E-state index >= 15 is 0 Å². The van der Waals surface area contributed by atoms with E-state index in [4.69, 9.17) is 5.26 Å². The van der Waals surface area contributed by atoms with Crippen LogP contribution in [-0.2, 0) is 10.0 Å². The molecule has 1 N–H and O–H groups in total. The molecule has 120 valence electrons. The minimum absolute atomic E-state index is 0.146. The molecule has 1 aromatic rings. The normalized spacial score (nSPS) is 12.0. The number of benzene rings is 1. The van der Waals surface area contributed by atoms with Crippen molar-refractivity contribution in [2.45, 2.75) is 38.1 Å². The number of nitriles is 1. The molecule has 0 saturated carbocycles. The number of nitrogens with one attached hydrogen (secondary N) is 1. The lowest BCUT2D eigenvalue weighted by Gasteiger charge is -2.19. The first-order valence-electron chi connectivity index (χ1n) is 7.02. The van der Waals surface area contributed by atoms with E-state index in [9.17, 15) is 13.2 Å². The van der Waals surface area contributed by atoms with Gasteiger partial charge in [0.25, 0.3) is 5.91 Å². The summed E-state index contributed by atoms with van der Waals surface area (Å²) in [4.78, 5) is 12.1. The lowest BCUT2D eigenvalue weighted by atomic mass is 10.1. The standard InChI is InChI=1S/C15H21N3O3S/c1-5-18(6-2)22(20,21)13-9-7-12(8-10-13)14(19)17-15(3,4)11-16/h7-10H,5-6H2,1-4H3,(H,17,19). The third-order valence-corrected chi connectivity index (χ3v) is 5.23. The molecular weight excluding hydrogens is 302 g/mol. The lowest BCUT2D eigenvalue weighted by Crippen LogP contribution is -2.42. The van der Waals surface area contributed by atoms with Crippen molar-refractivity contribution in [1.29, 1.82) is 5.26 Å². The Bertz CT molecular complexity index is 669. The first-order valence-corrected chi connectivity index (χ1v) is 8.46. The molecule has 0 spiro atoms. The second kappa shape index (κ2) is 6.90. The van der Waals surface area contributed by atoms with Gasteiger partial charge in [-0.05, 0) is 38.1 Å². The van der Waals surface area contributed by atoms with E-state index in [0.717, 1.165) is 0 Å². The molecule has 0 unspecified atom stereocenters. The zero-order valence-corrected chi connectivity index (χ0v) is 14.1. The van der Waals surface area contributed by atoms with E-state index in [2.05, 4.69) is 5.32 Å². The van der Waals surface area contributed by atoms with Crippen LogP contribution in [0.25, 0.3) is 0 Å². The fourth-order valence-corrected chi connectivity index (χ4v) is 3.33. The molecular formula is C15H21N3O3S. The van der Waals surface area contributed by atoms with Gasteiger partial charge in [0.05, 0.1) is 11.0 Å². The highest BCUT2D eigenvalue weighted by molar-refractivity contribution is 7.89. The molecule has 0 aliphatic carbocycles. The second-order valence-corrected chi connectivity index (χ2v) is 7.24. The first-order chi connectivity index (χ1) is 10.2. The van der Waals surface area contributed by atoms with Crippen molar-refractivity contribution >= 4 is 15.9 Å². The van der Waals surface area contributed by atoms with Gasteiger partial charge in [-0.1, -0.05) is 13.8 Å². The Balaban J connectivity index is 3.02. The maximum Gasteiger partial charge on any atom is 0.252 e. The van der Waals surface area contributed by atoms with Crippen LogP contribution < -0.4 is 5.32 Å². The molecule has 0 heterocycles. The predicted molar refractivity (Wildman–Crippen MR) is 83.7 cm³/mol. The van der Waals surface area contributed by atoms with Gasteiger partial charge in [-0.3, -0.25) is 4.79 Å². The Morgan fingerprint density at radius 3 is 2.14 bits per heavy atom. The van der Waals surface area contributed by atoms with Crippen LogP contribution in [0, 0.1) is 11.3 Å². The van der Waals surface area contributed by atoms with E-state index in [1.807, 2.05) is 6.07 Å². The Kier molecular flexibility index (Phi) is 5.69. The molecule has 0 fully saturated rings. The Labute approximate surface area is 131 Å². The number of amides is 1. The number of carbonyl (C=O) groups is 1. The van der Waals surface area contributed by atoms with Crippen LogP contribution in [-0.4, -0.2) is 37.3 Å². The quantitative estimate of drug-likeness (QED) is 0.863. The number of hydrogen-bond donors (Lipinski definition) is 1. The van der Waals surface area contributed by atoms with Crippen molar-refractivity contribution in [2.75, 3.05) is 13.1 Å². The van der Waals surface area contributed by atoms with Crippen LogP contribution in [0.1, 0.15) is 38.1 Å². The van der Waals surface area contributed by atoms with Crippen molar-refractivity contribution in [1.82, 2.24) is 9.62 Å². The van der Waals surface area contributed by atoms with Crippen molar-refractivity contribution in [2.24, 2.45) is 0 Å². The second-order valence-electron chi connectivity index (χ2n) is 5.30. The molecule has 7 heteroatoms. The minimum atomic E-state index is -3.53. The van der Waals surface area contributed by atoms with Crippen molar-refractivity contribution < 1.29 is 13.2 Å². The third-order valence-electron chi connectivity index (χ3n) is 3.17. The summed E-state index contributed by atoms with van der Waals surface area (Å²) in [6.45, 7) is 7.49. The van der Waals surface area contributed by atoms with Gasteiger partial charge in [0, 0.05) is 18.7 Å². The molecule has 6 nitrogen and oxygen atoms in total. The number of rotatable bonds is 6. The van der Waals surface area contributed by atoms with Gasteiger partial charge >= 0.3 is 0 Å². The van der Waals surface area contributed by atoms with Crippen LogP contribution in [0.15, 0.2) is 29.2 Å². The minimum Gasteiger partial charge on any atom is -0.334 e. The average Bonchev–Trinajstić information content (AvgIpc) is 2.48. The maximum absolute atomic E-state index is 12.3. The summed E-state index contributed by atoms with van der Waals surface area (Å²) in [5, 5.41) is 11.5. The van der Waals surface area contributed by atoms with Crippen LogP contribution in [0.5, 0.6) is 0 Å². The molecule has 1 rings (SSSR count). The number of carbonyl (C=O) groups excluding carboxylic acids is 1. The summed E-state index contributed by atoms with van der Waals surface area (Å²) in [5.74, 6) is -0.418. The largest absolute Gasteiger partial charge is 0.334 e.